The zero-order chi connectivity index (χ0) is 32.5. The summed E-state index contributed by atoms with van der Waals surface area (Å²) in [6.45, 7) is 7.98. The number of halogens is 2. The van der Waals surface area contributed by atoms with Crippen LogP contribution >= 0.6 is 0 Å². The number of nitrogens with one attached hydrogen (secondary N) is 2. The summed E-state index contributed by atoms with van der Waals surface area (Å²) in [4.78, 5) is 43.6. The predicted molar refractivity (Wildman–Crippen MR) is 169 cm³/mol. The van der Waals surface area contributed by atoms with Crippen molar-refractivity contribution in [3.05, 3.63) is 106 Å². The standard InChI is InChI=1S/C35H42F2N4O4/c1-4-12-40(13-5-2)35(45)27-16-23(3)15-26(20-27)33(43)39-30(19-24-17-28(36)21-29(37)18-24)32(42)31-22-41(14-11-38-31)34(44)25-9-7-6-8-10-25/h6-10,15-18,20-21,30-32,38,42H,4-5,11-14,19,22H2,1-3H3,(H,39,43)/t30?,31-,32+/m1/s1. The second-order valence-electron chi connectivity index (χ2n) is 11.6. The fourth-order valence-corrected chi connectivity index (χ4v) is 5.80. The van der Waals surface area contributed by atoms with E-state index in [0.717, 1.165) is 31.0 Å². The summed E-state index contributed by atoms with van der Waals surface area (Å²) >= 11 is 0. The van der Waals surface area contributed by atoms with Gasteiger partial charge in [0.1, 0.15) is 11.6 Å². The van der Waals surface area contributed by atoms with E-state index in [2.05, 4.69) is 10.6 Å². The van der Waals surface area contributed by atoms with Crippen LogP contribution in [0.2, 0.25) is 0 Å². The van der Waals surface area contributed by atoms with Crippen LogP contribution in [0.4, 0.5) is 8.78 Å². The number of rotatable bonds is 12. The average molecular weight is 621 g/mol. The minimum atomic E-state index is -1.23. The van der Waals surface area contributed by atoms with E-state index in [-0.39, 0.29) is 35.9 Å². The lowest BCUT2D eigenvalue weighted by molar-refractivity contribution is 0.0409. The Labute approximate surface area is 263 Å². The Kier molecular flexibility index (Phi) is 11.8. The first-order valence-electron chi connectivity index (χ1n) is 15.5. The van der Waals surface area contributed by atoms with Gasteiger partial charge in [-0.1, -0.05) is 32.0 Å². The summed E-state index contributed by atoms with van der Waals surface area (Å²) in [6.07, 6.45) is 0.288. The topological polar surface area (TPSA) is 102 Å². The van der Waals surface area contributed by atoms with Gasteiger partial charge < -0.3 is 25.5 Å². The van der Waals surface area contributed by atoms with Crippen LogP contribution < -0.4 is 10.6 Å². The van der Waals surface area contributed by atoms with Crippen LogP contribution in [0, 0.1) is 18.6 Å². The molecule has 10 heteroatoms. The summed E-state index contributed by atoms with van der Waals surface area (Å²) in [6, 6.07) is 15.2. The number of amides is 3. The van der Waals surface area contributed by atoms with Crippen molar-refractivity contribution in [3.8, 4) is 0 Å². The molecule has 0 aliphatic carbocycles. The molecule has 0 aromatic heterocycles. The number of aliphatic hydroxyl groups is 1. The van der Waals surface area contributed by atoms with Crippen molar-refractivity contribution in [2.24, 2.45) is 0 Å². The molecule has 3 N–H and O–H groups in total. The summed E-state index contributed by atoms with van der Waals surface area (Å²) in [5.74, 6) is -2.44. The number of piperazine rings is 1. The van der Waals surface area contributed by atoms with Crippen molar-refractivity contribution in [2.45, 2.75) is 58.2 Å². The molecule has 0 saturated carbocycles. The Morgan fingerprint density at radius 2 is 1.60 bits per heavy atom. The third-order valence-electron chi connectivity index (χ3n) is 7.89. The molecule has 4 rings (SSSR count). The SMILES string of the molecule is CCCN(CCC)C(=O)c1cc(C)cc(C(=O)NC(Cc2cc(F)cc(F)c2)[C@H](O)[C@H]2CN(C(=O)c3ccccc3)CCN2)c1. The maximum Gasteiger partial charge on any atom is 0.253 e. The smallest absolute Gasteiger partial charge is 0.253 e. The summed E-state index contributed by atoms with van der Waals surface area (Å²) in [5.41, 5.74) is 2.10. The van der Waals surface area contributed by atoms with Crippen molar-refractivity contribution >= 4 is 17.7 Å². The van der Waals surface area contributed by atoms with Gasteiger partial charge in [-0.3, -0.25) is 14.4 Å². The Bertz CT molecular complexity index is 1460. The molecule has 0 spiro atoms. The molecule has 3 atom stereocenters. The minimum absolute atomic E-state index is 0.0786. The van der Waals surface area contributed by atoms with Crippen molar-refractivity contribution in [1.82, 2.24) is 20.4 Å². The molecular weight excluding hydrogens is 578 g/mol. The van der Waals surface area contributed by atoms with Gasteiger partial charge >= 0.3 is 0 Å². The zero-order valence-corrected chi connectivity index (χ0v) is 26.1. The second-order valence-corrected chi connectivity index (χ2v) is 11.6. The van der Waals surface area contributed by atoms with E-state index in [1.54, 1.807) is 53.1 Å². The van der Waals surface area contributed by atoms with E-state index in [1.807, 2.05) is 19.9 Å². The van der Waals surface area contributed by atoms with Crippen LogP contribution in [0.25, 0.3) is 0 Å². The van der Waals surface area contributed by atoms with Crippen LogP contribution in [0.5, 0.6) is 0 Å². The molecule has 1 unspecified atom stereocenters. The van der Waals surface area contributed by atoms with E-state index < -0.39 is 35.7 Å². The summed E-state index contributed by atoms with van der Waals surface area (Å²) in [5, 5.41) is 17.7. The number of nitrogens with zero attached hydrogens (tertiary/aromatic N) is 2. The molecule has 1 aliphatic heterocycles. The molecule has 0 radical (unpaired) electrons. The molecule has 3 aromatic rings. The number of aryl methyl sites for hydroxylation is 1. The van der Waals surface area contributed by atoms with Gasteiger partial charge in [0.05, 0.1) is 18.2 Å². The van der Waals surface area contributed by atoms with Crippen molar-refractivity contribution in [1.29, 1.82) is 0 Å². The Hall–Kier alpha value is -4.15. The average Bonchev–Trinajstić information content (AvgIpc) is 3.03. The number of aliphatic hydroxyl groups excluding tert-OH is 1. The lowest BCUT2D eigenvalue weighted by Crippen LogP contribution is -2.62. The van der Waals surface area contributed by atoms with Crippen LogP contribution in [0.3, 0.4) is 0 Å². The maximum atomic E-state index is 14.1. The van der Waals surface area contributed by atoms with E-state index in [9.17, 15) is 28.3 Å². The summed E-state index contributed by atoms with van der Waals surface area (Å²) < 4.78 is 28.2. The normalized spacial score (nSPS) is 16.1. The molecule has 3 amide bonds. The first-order valence-corrected chi connectivity index (χ1v) is 15.5. The Morgan fingerprint density at radius 1 is 0.956 bits per heavy atom. The van der Waals surface area contributed by atoms with Crippen LogP contribution in [-0.2, 0) is 6.42 Å². The maximum absolute atomic E-state index is 14.1. The number of benzene rings is 3. The Morgan fingerprint density at radius 3 is 2.24 bits per heavy atom. The first kappa shape index (κ1) is 33.7. The molecule has 1 aliphatic rings. The molecule has 1 saturated heterocycles. The van der Waals surface area contributed by atoms with Crippen LogP contribution in [0.1, 0.15) is 68.9 Å². The number of hydrogen-bond donors (Lipinski definition) is 3. The number of carbonyl (C=O) groups is 3. The van der Waals surface area contributed by atoms with Gasteiger partial charge in [0.15, 0.2) is 0 Å². The lowest BCUT2D eigenvalue weighted by atomic mass is 9.94. The molecule has 45 heavy (non-hydrogen) atoms. The minimum Gasteiger partial charge on any atom is -0.389 e. The third-order valence-corrected chi connectivity index (χ3v) is 7.89. The lowest BCUT2D eigenvalue weighted by Gasteiger charge is -2.39. The quantitative estimate of drug-likeness (QED) is 0.280. The number of hydrogen-bond acceptors (Lipinski definition) is 5. The predicted octanol–water partition coefficient (Wildman–Crippen LogP) is 4.35. The molecule has 1 fully saturated rings. The van der Waals surface area contributed by atoms with Gasteiger partial charge in [0, 0.05) is 55.5 Å². The second kappa shape index (κ2) is 15.7. The fourth-order valence-electron chi connectivity index (χ4n) is 5.80. The van der Waals surface area contributed by atoms with Gasteiger partial charge in [0.2, 0.25) is 0 Å². The Balaban J connectivity index is 1.59. The zero-order valence-electron chi connectivity index (χ0n) is 26.1. The highest BCUT2D eigenvalue weighted by atomic mass is 19.1. The van der Waals surface area contributed by atoms with Crippen molar-refractivity contribution < 1.29 is 28.3 Å². The van der Waals surface area contributed by atoms with E-state index in [4.69, 9.17) is 0 Å². The van der Waals surface area contributed by atoms with E-state index in [0.29, 0.717) is 42.9 Å². The molecule has 3 aromatic carbocycles. The van der Waals surface area contributed by atoms with Gasteiger partial charge in [-0.2, -0.15) is 0 Å². The molecule has 8 nitrogen and oxygen atoms in total. The highest BCUT2D eigenvalue weighted by Crippen LogP contribution is 2.18. The highest BCUT2D eigenvalue weighted by Gasteiger charge is 2.34. The van der Waals surface area contributed by atoms with E-state index in [1.165, 1.54) is 6.07 Å². The number of carbonyl (C=O) groups excluding carboxylic acids is 3. The third kappa shape index (κ3) is 8.95. The highest BCUT2D eigenvalue weighted by molar-refractivity contribution is 6.00. The molecule has 0 bridgehead atoms. The fraction of sp³-hybridized carbons (Fsp3) is 0.400. The molecule has 240 valence electrons. The van der Waals surface area contributed by atoms with Gasteiger partial charge in [0.25, 0.3) is 17.7 Å². The first-order chi connectivity index (χ1) is 21.6. The van der Waals surface area contributed by atoms with E-state index >= 15 is 0 Å². The van der Waals surface area contributed by atoms with Gasteiger partial charge in [-0.05, 0) is 79.8 Å². The van der Waals surface area contributed by atoms with Crippen LogP contribution in [0.15, 0.2) is 66.7 Å². The monoisotopic (exact) mass is 620 g/mol. The van der Waals surface area contributed by atoms with Gasteiger partial charge in [-0.25, -0.2) is 8.78 Å². The molecule has 1 heterocycles. The molecular formula is C35H42F2N4O4. The largest absolute Gasteiger partial charge is 0.389 e. The van der Waals surface area contributed by atoms with Crippen molar-refractivity contribution in [2.75, 3.05) is 32.7 Å². The van der Waals surface area contributed by atoms with Crippen molar-refractivity contribution in [3.63, 3.8) is 0 Å². The van der Waals surface area contributed by atoms with Crippen LogP contribution in [-0.4, -0.2) is 83.5 Å². The summed E-state index contributed by atoms with van der Waals surface area (Å²) in [7, 11) is 0. The van der Waals surface area contributed by atoms with Gasteiger partial charge in [-0.15, -0.1) is 0 Å².